The van der Waals surface area contributed by atoms with Crippen LogP contribution in [0.4, 0.5) is 0 Å². The van der Waals surface area contributed by atoms with Gasteiger partial charge in [-0.3, -0.25) is 19.1 Å². The number of aromatic amines is 1. The van der Waals surface area contributed by atoms with Crippen molar-refractivity contribution in [1.82, 2.24) is 14.3 Å². The molecule has 0 amide bonds. The van der Waals surface area contributed by atoms with Crippen molar-refractivity contribution in [3.05, 3.63) is 33.1 Å². The summed E-state index contributed by atoms with van der Waals surface area (Å²) in [6, 6.07) is -0.467. The fraction of sp³-hybridized carbons (Fsp3) is 0.615. The predicted molar refractivity (Wildman–Crippen MR) is 83.7 cm³/mol. The molecule has 10 heteroatoms. The van der Waals surface area contributed by atoms with Crippen LogP contribution in [0.5, 0.6) is 0 Å². The molecule has 0 aliphatic carbocycles. The van der Waals surface area contributed by atoms with Crippen LogP contribution < -0.4 is 16.0 Å². The van der Waals surface area contributed by atoms with E-state index < -0.39 is 45.2 Å². The van der Waals surface area contributed by atoms with Gasteiger partial charge >= 0.3 is 11.7 Å². The third kappa shape index (κ3) is 5.99. The number of sulfonamides is 1. The van der Waals surface area contributed by atoms with E-state index in [2.05, 4.69) is 4.72 Å². The lowest BCUT2D eigenvalue weighted by atomic mass is 9.93. The molecule has 0 saturated heterocycles. The van der Waals surface area contributed by atoms with Gasteiger partial charge in [-0.15, -0.1) is 0 Å². The molecule has 0 aliphatic heterocycles. The summed E-state index contributed by atoms with van der Waals surface area (Å²) in [7, 11) is -3.85. The molecule has 1 aromatic heterocycles. The highest BCUT2D eigenvalue weighted by molar-refractivity contribution is 7.89. The van der Waals surface area contributed by atoms with Gasteiger partial charge in [0.15, 0.2) is 0 Å². The minimum absolute atomic E-state index is 0.235. The maximum absolute atomic E-state index is 12.1. The number of hydrogen-bond acceptors (Lipinski definition) is 5. The smallest absolute Gasteiger partial charge is 0.328 e. The predicted octanol–water partition coefficient (Wildman–Crippen LogP) is -0.655. The highest BCUT2D eigenvalue weighted by Gasteiger charge is 2.29. The quantitative estimate of drug-likeness (QED) is 0.571. The third-order valence-corrected chi connectivity index (χ3v) is 5.24. The number of hydrogen-bond donors (Lipinski definition) is 3. The van der Waals surface area contributed by atoms with Crippen molar-refractivity contribution in [2.24, 2.45) is 5.41 Å². The van der Waals surface area contributed by atoms with E-state index in [4.69, 9.17) is 0 Å². The lowest BCUT2D eigenvalue weighted by Crippen LogP contribution is -2.48. The number of carboxylic acid groups (broad SMARTS) is 1. The second-order valence-electron chi connectivity index (χ2n) is 6.05. The van der Waals surface area contributed by atoms with E-state index in [0.29, 0.717) is 6.42 Å². The summed E-state index contributed by atoms with van der Waals surface area (Å²) in [5.41, 5.74) is -1.94. The molecule has 3 N–H and O–H groups in total. The van der Waals surface area contributed by atoms with Crippen LogP contribution in [0.15, 0.2) is 21.9 Å². The summed E-state index contributed by atoms with van der Waals surface area (Å²) < 4.78 is 27.3. The Bertz CT molecular complexity index is 777. The zero-order valence-corrected chi connectivity index (χ0v) is 14.0. The molecule has 0 spiro atoms. The first-order chi connectivity index (χ1) is 10.5. The molecule has 1 rings (SSSR count). The van der Waals surface area contributed by atoms with E-state index in [1.54, 1.807) is 13.8 Å². The fourth-order valence-electron chi connectivity index (χ4n) is 1.83. The lowest BCUT2D eigenvalue weighted by molar-refractivity contribution is -0.139. The molecule has 1 atom stereocenters. The van der Waals surface area contributed by atoms with Crippen molar-refractivity contribution in [3.8, 4) is 0 Å². The van der Waals surface area contributed by atoms with Crippen molar-refractivity contribution in [3.63, 3.8) is 0 Å². The summed E-state index contributed by atoms with van der Waals surface area (Å²) in [5.74, 6) is -1.65. The average Bonchev–Trinajstić information content (AvgIpc) is 2.39. The molecule has 1 heterocycles. The second kappa shape index (κ2) is 7.09. The van der Waals surface area contributed by atoms with Crippen LogP contribution in [0, 0.1) is 5.41 Å². The van der Waals surface area contributed by atoms with Crippen molar-refractivity contribution in [2.75, 3.05) is 5.75 Å². The topological polar surface area (TPSA) is 138 Å². The van der Waals surface area contributed by atoms with Gasteiger partial charge in [0.05, 0.1) is 12.3 Å². The van der Waals surface area contributed by atoms with E-state index in [-0.39, 0.29) is 5.75 Å². The Labute approximate surface area is 133 Å². The van der Waals surface area contributed by atoms with Crippen LogP contribution in [0.25, 0.3) is 0 Å². The number of H-pyrrole nitrogens is 1. The number of aromatic nitrogens is 2. The fourth-order valence-corrected chi connectivity index (χ4v) is 3.75. The van der Waals surface area contributed by atoms with Crippen LogP contribution in [-0.2, 0) is 21.4 Å². The Kier molecular flexibility index (Phi) is 5.89. The number of rotatable bonds is 8. The molecule has 9 nitrogen and oxygen atoms in total. The van der Waals surface area contributed by atoms with Gasteiger partial charge < -0.3 is 5.11 Å². The van der Waals surface area contributed by atoms with E-state index in [9.17, 15) is 27.9 Å². The summed E-state index contributed by atoms with van der Waals surface area (Å²) in [4.78, 5) is 35.8. The molecule has 0 radical (unpaired) electrons. The zero-order valence-electron chi connectivity index (χ0n) is 13.2. The normalized spacial score (nSPS) is 13.7. The van der Waals surface area contributed by atoms with Gasteiger partial charge in [-0.25, -0.2) is 13.2 Å². The first-order valence-electron chi connectivity index (χ1n) is 6.98. The SMILES string of the molecule is CCC(C)(C)CS(=O)(=O)NC(Cn1ccc(=O)[nH]c1=O)C(=O)O. The molecule has 130 valence electrons. The van der Waals surface area contributed by atoms with Crippen LogP contribution in [-0.4, -0.2) is 40.8 Å². The largest absolute Gasteiger partial charge is 0.480 e. The molecule has 1 unspecified atom stereocenters. The van der Waals surface area contributed by atoms with Gasteiger partial charge in [-0.1, -0.05) is 20.8 Å². The summed E-state index contributed by atoms with van der Waals surface area (Å²) >= 11 is 0. The van der Waals surface area contributed by atoms with Gasteiger partial charge in [0.25, 0.3) is 5.56 Å². The molecule has 0 saturated carbocycles. The van der Waals surface area contributed by atoms with Gasteiger partial charge in [-0.2, -0.15) is 4.72 Å². The standard InChI is InChI=1S/C13H21N3O6S/c1-4-13(2,3)8-23(21,22)15-9(11(18)19)7-16-6-5-10(17)14-12(16)20/h5-6,9,15H,4,7-8H2,1-3H3,(H,18,19)(H,14,17,20). The summed E-state index contributed by atoms with van der Waals surface area (Å²) in [6.45, 7) is 4.92. The van der Waals surface area contributed by atoms with E-state index in [1.165, 1.54) is 0 Å². The molecule has 0 aromatic carbocycles. The zero-order chi connectivity index (χ0) is 17.8. The van der Waals surface area contributed by atoms with E-state index in [0.717, 1.165) is 16.8 Å². The number of nitrogens with zero attached hydrogens (tertiary/aromatic N) is 1. The van der Waals surface area contributed by atoms with E-state index >= 15 is 0 Å². The Hall–Kier alpha value is -1.94. The first-order valence-corrected chi connectivity index (χ1v) is 8.63. The van der Waals surface area contributed by atoms with Crippen molar-refractivity contribution in [1.29, 1.82) is 0 Å². The molecule has 0 bridgehead atoms. The minimum Gasteiger partial charge on any atom is -0.480 e. The number of carbonyl (C=O) groups is 1. The maximum Gasteiger partial charge on any atom is 0.328 e. The summed E-state index contributed by atoms with van der Waals surface area (Å²) in [6.07, 6.45) is 1.71. The number of nitrogens with one attached hydrogen (secondary N) is 2. The van der Waals surface area contributed by atoms with Crippen LogP contribution in [0.3, 0.4) is 0 Å². The van der Waals surface area contributed by atoms with Crippen LogP contribution in [0.1, 0.15) is 27.2 Å². The Morgan fingerprint density at radius 1 is 1.43 bits per heavy atom. The highest BCUT2D eigenvalue weighted by Crippen LogP contribution is 2.21. The molecular weight excluding hydrogens is 326 g/mol. The van der Waals surface area contributed by atoms with Crippen molar-refractivity contribution in [2.45, 2.75) is 39.8 Å². The monoisotopic (exact) mass is 347 g/mol. The van der Waals surface area contributed by atoms with Crippen molar-refractivity contribution >= 4 is 16.0 Å². The van der Waals surface area contributed by atoms with Crippen LogP contribution in [0.2, 0.25) is 0 Å². The first kappa shape index (κ1) is 19.1. The number of aliphatic carboxylic acids is 1. The van der Waals surface area contributed by atoms with Gasteiger partial charge in [0.1, 0.15) is 6.04 Å². The van der Waals surface area contributed by atoms with Crippen molar-refractivity contribution < 1.29 is 18.3 Å². The molecule has 1 aromatic rings. The molecule has 0 fully saturated rings. The average molecular weight is 347 g/mol. The second-order valence-corrected chi connectivity index (χ2v) is 7.80. The Morgan fingerprint density at radius 2 is 2.04 bits per heavy atom. The Morgan fingerprint density at radius 3 is 2.52 bits per heavy atom. The van der Waals surface area contributed by atoms with Gasteiger partial charge in [-0.05, 0) is 11.8 Å². The highest BCUT2D eigenvalue weighted by atomic mass is 32.2. The maximum atomic E-state index is 12.1. The lowest BCUT2D eigenvalue weighted by Gasteiger charge is -2.24. The number of carboxylic acids is 1. The molecular formula is C13H21N3O6S. The van der Waals surface area contributed by atoms with Gasteiger partial charge in [0, 0.05) is 12.3 Å². The van der Waals surface area contributed by atoms with E-state index in [1.807, 2.05) is 11.9 Å². The van der Waals surface area contributed by atoms with Gasteiger partial charge in [0.2, 0.25) is 10.0 Å². The minimum atomic E-state index is -3.85. The molecule has 23 heavy (non-hydrogen) atoms. The Balaban J connectivity index is 2.98. The van der Waals surface area contributed by atoms with Crippen LogP contribution >= 0.6 is 0 Å². The summed E-state index contributed by atoms with van der Waals surface area (Å²) in [5, 5.41) is 9.18. The third-order valence-electron chi connectivity index (χ3n) is 3.43. The molecule has 0 aliphatic rings.